The third-order valence-corrected chi connectivity index (χ3v) is 3.68. The summed E-state index contributed by atoms with van der Waals surface area (Å²) in [5.41, 5.74) is 7.09. The molecule has 2 amide bonds. The van der Waals surface area contributed by atoms with Gasteiger partial charge in [0.15, 0.2) is 11.5 Å². The fourth-order valence-electron chi connectivity index (χ4n) is 2.54. The van der Waals surface area contributed by atoms with Crippen molar-refractivity contribution in [3.05, 3.63) is 42.4 Å². The highest BCUT2D eigenvalue weighted by Gasteiger charge is 2.20. The molecule has 0 spiro atoms. The number of hydrogen-bond acceptors (Lipinski definition) is 5. The van der Waals surface area contributed by atoms with Crippen molar-refractivity contribution < 1.29 is 9.59 Å². The third kappa shape index (κ3) is 3.28. The number of nitrogens with two attached hydrogens (primary N) is 1. The lowest BCUT2D eigenvalue weighted by molar-refractivity contribution is -0.119. The average molecular weight is 311 g/mol. The predicted molar refractivity (Wildman–Crippen MR) is 87.0 cm³/mol. The minimum atomic E-state index is -0.433. The van der Waals surface area contributed by atoms with Crippen LogP contribution in [0.1, 0.15) is 29.8 Å². The van der Waals surface area contributed by atoms with Crippen LogP contribution in [0.25, 0.3) is 0 Å². The Morgan fingerprint density at radius 3 is 2.83 bits per heavy atom. The first kappa shape index (κ1) is 15.0. The maximum absolute atomic E-state index is 12.2. The molecule has 1 fully saturated rings. The number of carbonyl (C=O) groups excluding carboxylic acids is 2. The summed E-state index contributed by atoms with van der Waals surface area (Å²) < 4.78 is 0. The number of anilines is 3. The van der Waals surface area contributed by atoms with Crippen LogP contribution in [0.15, 0.2) is 36.7 Å². The first-order chi connectivity index (χ1) is 11.1. The summed E-state index contributed by atoms with van der Waals surface area (Å²) in [6.07, 6.45) is 5.31. The average Bonchev–Trinajstić information content (AvgIpc) is 2.56. The number of nitrogens with one attached hydrogen (secondary N) is 1. The van der Waals surface area contributed by atoms with Crippen LogP contribution >= 0.6 is 0 Å². The predicted octanol–water partition coefficient (Wildman–Crippen LogP) is 1.83. The highest BCUT2D eigenvalue weighted by atomic mass is 16.2. The third-order valence-electron chi connectivity index (χ3n) is 3.68. The van der Waals surface area contributed by atoms with Crippen LogP contribution in [-0.2, 0) is 4.79 Å². The van der Waals surface area contributed by atoms with Crippen LogP contribution in [0.4, 0.5) is 17.2 Å². The van der Waals surface area contributed by atoms with E-state index in [9.17, 15) is 9.59 Å². The molecule has 1 saturated heterocycles. The van der Waals surface area contributed by atoms with Crippen molar-refractivity contribution >= 4 is 29.0 Å². The molecule has 0 atom stereocenters. The van der Waals surface area contributed by atoms with Gasteiger partial charge in [0.25, 0.3) is 5.91 Å². The van der Waals surface area contributed by atoms with Gasteiger partial charge in [-0.15, -0.1) is 0 Å². The zero-order valence-electron chi connectivity index (χ0n) is 12.5. The normalized spacial score (nSPS) is 14.6. The van der Waals surface area contributed by atoms with Gasteiger partial charge >= 0.3 is 0 Å². The van der Waals surface area contributed by atoms with Gasteiger partial charge in [-0.25, -0.2) is 9.97 Å². The summed E-state index contributed by atoms with van der Waals surface area (Å²) >= 11 is 0. The number of nitrogens with zero attached hydrogens (tertiary/aromatic N) is 3. The Balaban J connectivity index is 1.79. The van der Waals surface area contributed by atoms with E-state index in [2.05, 4.69) is 15.3 Å². The van der Waals surface area contributed by atoms with E-state index in [1.54, 1.807) is 23.1 Å². The van der Waals surface area contributed by atoms with E-state index in [1.165, 1.54) is 12.4 Å². The SMILES string of the molecule is Nc1nccnc1C(=O)Nc1cccc(N2CCCCC2=O)c1. The molecule has 3 N–H and O–H groups in total. The van der Waals surface area contributed by atoms with Gasteiger partial charge in [0.05, 0.1) is 0 Å². The molecule has 3 rings (SSSR count). The molecule has 7 nitrogen and oxygen atoms in total. The molecule has 0 bridgehead atoms. The highest BCUT2D eigenvalue weighted by Crippen LogP contribution is 2.24. The zero-order chi connectivity index (χ0) is 16.2. The first-order valence-corrected chi connectivity index (χ1v) is 7.43. The Bertz CT molecular complexity index is 747. The maximum Gasteiger partial charge on any atom is 0.278 e. The zero-order valence-corrected chi connectivity index (χ0v) is 12.5. The van der Waals surface area contributed by atoms with Crippen molar-refractivity contribution in [2.24, 2.45) is 0 Å². The summed E-state index contributed by atoms with van der Waals surface area (Å²) in [5.74, 6) is -0.247. The van der Waals surface area contributed by atoms with Crippen molar-refractivity contribution in [3.8, 4) is 0 Å². The summed E-state index contributed by atoms with van der Waals surface area (Å²) in [7, 11) is 0. The van der Waals surface area contributed by atoms with Gasteiger partial charge in [-0.3, -0.25) is 9.59 Å². The standard InChI is InChI=1S/C16H17N5O2/c17-15-14(18-7-8-19-15)16(23)20-11-4-3-5-12(10-11)21-9-2-1-6-13(21)22/h3-5,7-8,10H,1-2,6,9H2,(H2,17,19)(H,20,23). The number of benzene rings is 1. The van der Waals surface area contributed by atoms with Crippen LogP contribution in [0.2, 0.25) is 0 Å². The lowest BCUT2D eigenvalue weighted by atomic mass is 10.1. The Labute approximate surface area is 133 Å². The van der Waals surface area contributed by atoms with E-state index in [4.69, 9.17) is 5.73 Å². The van der Waals surface area contributed by atoms with Gasteiger partial charge in [0, 0.05) is 36.7 Å². The van der Waals surface area contributed by atoms with E-state index >= 15 is 0 Å². The summed E-state index contributed by atoms with van der Waals surface area (Å²) in [6, 6.07) is 7.18. The number of carbonyl (C=O) groups is 2. The summed E-state index contributed by atoms with van der Waals surface area (Å²) in [4.78, 5) is 33.7. The Morgan fingerprint density at radius 2 is 2.04 bits per heavy atom. The van der Waals surface area contributed by atoms with Crippen LogP contribution in [-0.4, -0.2) is 28.3 Å². The number of piperidine rings is 1. The van der Waals surface area contributed by atoms with E-state index in [-0.39, 0.29) is 17.4 Å². The highest BCUT2D eigenvalue weighted by molar-refractivity contribution is 6.06. The van der Waals surface area contributed by atoms with E-state index in [1.807, 2.05) is 6.07 Å². The Morgan fingerprint density at radius 1 is 1.22 bits per heavy atom. The van der Waals surface area contributed by atoms with Gasteiger partial charge in [0.2, 0.25) is 5.91 Å². The van der Waals surface area contributed by atoms with E-state index < -0.39 is 5.91 Å². The van der Waals surface area contributed by atoms with Gasteiger partial charge in [-0.2, -0.15) is 0 Å². The minimum Gasteiger partial charge on any atom is -0.382 e. The molecule has 0 unspecified atom stereocenters. The van der Waals surface area contributed by atoms with Crippen molar-refractivity contribution in [2.45, 2.75) is 19.3 Å². The van der Waals surface area contributed by atoms with Crippen LogP contribution in [0, 0.1) is 0 Å². The molecule has 23 heavy (non-hydrogen) atoms. The first-order valence-electron chi connectivity index (χ1n) is 7.43. The van der Waals surface area contributed by atoms with Crippen LogP contribution < -0.4 is 16.0 Å². The molecule has 0 radical (unpaired) electrons. The molecule has 118 valence electrons. The van der Waals surface area contributed by atoms with Crippen molar-refractivity contribution in [1.82, 2.24) is 9.97 Å². The van der Waals surface area contributed by atoms with Gasteiger partial charge in [-0.1, -0.05) is 6.07 Å². The second kappa shape index (κ2) is 6.43. The maximum atomic E-state index is 12.2. The van der Waals surface area contributed by atoms with Crippen LogP contribution in [0.5, 0.6) is 0 Å². The molecule has 1 aliphatic rings. The van der Waals surface area contributed by atoms with Crippen LogP contribution in [0.3, 0.4) is 0 Å². The van der Waals surface area contributed by atoms with Gasteiger partial charge in [-0.05, 0) is 31.0 Å². The molecular formula is C16H17N5O2. The topological polar surface area (TPSA) is 101 Å². The largest absolute Gasteiger partial charge is 0.382 e. The van der Waals surface area contributed by atoms with Gasteiger partial charge in [0.1, 0.15) is 0 Å². The number of amides is 2. The van der Waals surface area contributed by atoms with Crippen molar-refractivity contribution in [1.29, 1.82) is 0 Å². The minimum absolute atomic E-state index is 0.0759. The molecule has 2 aromatic rings. The lowest BCUT2D eigenvalue weighted by Gasteiger charge is -2.27. The molecule has 1 aromatic heterocycles. The number of aromatic nitrogens is 2. The van der Waals surface area contributed by atoms with E-state index in [0.717, 1.165) is 18.5 Å². The van der Waals surface area contributed by atoms with Gasteiger partial charge < -0.3 is 16.0 Å². The molecule has 7 heteroatoms. The smallest absolute Gasteiger partial charge is 0.278 e. The molecule has 1 aromatic carbocycles. The Hall–Kier alpha value is -2.96. The number of hydrogen-bond donors (Lipinski definition) is 2. The molecular weight excluding hydrogens is 294 g/mol. The Kier molecular flexibility index (Phi) is 4.18. The summed E-state index contributed by atoms with van der Waals surface area (Å²) in [5, 5.41) is 2.73. The second-order valence-corrected chi connectivity index (χ2v) is 5.30. The molecule has 1 aliphatic heterocycles. The monoisotopic (exact) mass is 311 g/mol. The number of nitrogen functional groups attached to an aromatic ring is 1. The van der Waals surface area contributed by atoms with E-state index in [0.29, 0.717) is 18.7 Å². The molecule has 0 aliphatic carbocycles. The summed E-state index contributed by atoms with van der Waals surface area (Å²) in [6.45, 7) is 0.702. The van der Waals surface area contributed by atoms with Crippen molar-refractivity contribution in [3.63, 3.8) is 0 Å². The molecule has 2 heterocycles. The van der Waals surface area contributed by atoms with Crippen molar-refractivity contribution in [2.75, 3.05) is 22.5 Å². The number of rotatable bonds is 3. The quantitative estimate of drug-likeness (QED) is 0.900. The molecule has 0 saturated carbocycles. The second-order valence-electron chi connectivity index (χ2n) is 5.30. The fourth-order valence-corrected chi connectivity index (χ4v) is 2.54. The fraction of sp³-hybridized carbons (Fsp3) is 0.250. The lowest BCUT2D eigenvalue weighted by Crippen LogP contribution is -2.35.